The van der Waals surface area contributed by atoms with Gasteiger partial charge in [-0.05, 0) is 35.6 Å². The fraction of sp³-hybridized carbons (Fsp3) is 0.417. The molecule has 98 valence electrons. The summed E-state index contributed by atoms with van der Waals surface area (Å²) in [6, 6.07) is 2.21. The molecule has 3 nitrogen and oxygen atoms in total. The number of rotatable bonds is 1. The second-order valence-corrected chi connectivity index (χ2v) is 5.51. The van der Waals surface area contributed by atoms with Gasteiger partial charge in [0.1, 0.15) is 11.6 Å². The van der Waals surface area contributed by atoms with Crippen LogP contribution >= 0.6 is 22.6 Å². The predicted molar refractivity (Wildman–Crippen MR) is 72.4 cm³/mol. The van der Waals surface area contributed by atoms with E-state index < -0.39 is 11.6 Å². The van der Waals surface area contributed by atoms with Crippen LogP contribution in [-0.4, -0.2) is 36.5 Å². The van der Waals surface area contributed by atoms with Crippen molar-refractivity contribution in [1.29, 1.82) is 0 Å². The molecule has 18 heavy (non-hydrogen) atoms. The number of carbonyl (C=O) groups is 1. The van der Waals surface area contributed by atoms with Crippen molar-refractivity contribution < 1.29 is 13.6 Å². The molecule has 1 N–H and O–H groups in total. The number of benzene rings is 1. The number of amides is 1. The summed E-state index contributed by atoms with van der Waals surface area (Å²) in [5, 5.41) is 3.20. The zero-order valence-corrected chi connectivity index (χ0v) is 12.0. The minimum atomic E-state index is -0.802. The fourth-order valence-electron chi connectivity index (χ4n) is 1.97. The fourth-order valence-corrected chi connectivity index (χ4v) is 2.44. The molecule has 1 aliphatic heterocycles. The van der Waals surface area contributed by atoms with E-state index in [4.69, 9.17) is 0 Å². The first-order valence-corrected chi connectivity index (χ1v) is 6.74. The summed E-state index contributed by atoms with van der Waals surface area (Å²) in [4.78, 5) is 13.8. The van der Waals surface area contributed by atoms with Gasteiger partial charge < -0.3 is 10.2 Å². The van der Waals surface area contributed by atoms with Gasteiger partial charge >= 0.3 is 0 Å². The van der Waals surface area contributed by atoms with Gasteiger partial charge in [-0.3, -0.25) is 4.79 Å². The van der Waals surface area contributed by atoms with Crippen molar-refractivity contribution in [1.82, 2.24) is 10.2 Å². The first-order chi connectivity index (χ1) is 8.49. The summed E-state index contributed by atoms with van der Waals surface area (Å²) in [7, 11) is 0. The van der Waals surface area contributed by atoms with Crippen LogP contribution in [0.5, 0.6) is 0 Å². The van der Waals surface area contributed by atoms with Crippen molar-refractivity contribution in [3.05, 3.63) is 32.9 Å². The zero-order chi connectivity index (χ0) is 13.3. The van der Waals surface area contributed by atoms with Crippen molar-refractivity contribution >= 4 is 28.5 Å². The van der Waals surface area contributed by atoms with Crippen molar-refractivity contribution in [2.45, 2.75) is 13.0 Å². The maximum absolute atomic E-state index is 13.6. The number of nitrogens with zero attached hydrogens (tertiary/aromatic N) is 1. The van der Waals surface area contributed by atoms with E-state index in [1.807, 2.05) is 6.92 Å². The van der Waals surface area contributed by atoms with Crippen LogP contribution in [0.2, 0.25) is 0 Å². The first-order valence-electron chi connectivity index (χ1n) is 5.66. The highest BCUT2D eigenvalue weighted by molar-refractivity contribution is 14.1. The van der Waals surface area contributed by atoms with Gasteiger partial charge in [0.25, 0.3) is 5.91 Å². The third-order valence-electron chi connectivity index (χ3n) is 2.90. The average molecular weight is 366 g/mol. The van der Waals surface area contributed by atoms with E-state index in [1.54, 1.807) is 27.5 Å². The van der Waals surface area contributed by atoms with Crippen LogP contribution in [0.1, 0.15) is 17.3 Å². The molecular formula is C12H13F2IN2O. The van der Waals surface area contributed by atoms with Crippen LogP contribution in [0.15, 0.2) is 12.1 Å². The largest absolute Gasteiger partial charge is 0.336 e. The van der Waals surface area contributed by atoms with Gasteiger partial charge in [-0.2, -0.15) is 0 Å². The molecule has 1 aromatic carbocycles. The Hall–Kier alpha value is -0.760. The number of halogens is 3. The third kappa shape index (κ3) is 2.80. The van der Waals surface area contributed by atoms with Crippen LogP contribution in [0, 0.1) is 15.2 Å². The lowest BCUT2D eigenvalue weighted by Gasteiger charge is -2.32. The Morgan fingerprint density at radius 3 is 2.83 bits per heavy atom. The number of piperazine rings is 1. The molecule has 1 saturated heterocycles. The molecule has 1 atom stereocenters. The molecule has 0 aliphatic carbocycles. The Balaban J connectivity index is 2.25. The summed E-state index contributed by atoms with van der Waals surface area (Å²) < 4.78 is 27.0. The molecular weight excluding hydrogens is 353 g/mol. The lowest BCUT2D eigenvalue weighted by Crippen LogP contribution is -2.51. The van der Waals surface area contributed by atoms with Crippen molar-refractivity contribution in [2.24, 2.45) is 0 Å². The molecule has 1 fully saturated rings. The summed E-state index contributed by atoms with van der Waals surface area (Å²) in [5.74, 6) is -1.82. The molecule has 1 aliphatic rings. The second-order valence-electron chi connectivity index (χ2n) is 4.35. The van der Waals surface area contributed by atoms with Gasteiger partial charge in [0.2, 0.25) is 0 Å². The molecule has 0 saturated carbocycles. The molecule has 0 radical (unpaired) electrons. The van der Waals surface area contributed by atoms with Crippen molar-refractivity contribution in [3.63, 3.8) is 0 Å². The highest BCUT2D eigenvalue weighted by Gasteiger charge is 2.24. The molecule has 0 bridgehead atoms. The smallest absolute Gasteiger partial charge is 0.256 e. The van der Waals surface area contributed by atoms with Gasteiger partial charge in [0.05, 0.1) is 5.56 Å². The summed E-state index contributed by atoms with van der Waals surface area (Å²) in [6.45, 7) is 3.72. The van der Waals surface area contributed by atoms with Crippen molar-refractivity contribution in [2.75, 3.05) is 19.6 Å². The van der Waals surface area contributed by atoms with Crippen LogP contribution in [-0.2, 0) is 0 Å². The Morgan fingerprint density at radius 2 is 2.17 bits per heavy atom. The topological polar surface area (TPSA) is 32.3 Å². The van der Waals surface area contributed by atoms with E-state index in [0.29, 0.717) is 19.6 Å². The normalized spacial score (nSPS) is 20.0. The lowest BCUT2D eigenvalue weighted by atomic mass is 10.1. The van der Waals surface area contributed by atoms with E-state index in [0.717, 1.165) is 6.07 Å². The van der Waals surface area contributed by atoms with E-state index >= 15 is 0 Å². The second kappa shape index (κ2) is 5.48. The van der Waals surface area contributed by atoms with E-state index in [2.05, 4.69) is 5.32 Å². The quantitative estimate of drug-likeness (QED) is 0.609. The Morgan fingerprint density at radius 1 is 1.44 bits per heavy atom. The zero-order valence-electron chi connectivity index (χ0n) is 9.84. The third-order valence-corrected chi connectivity index (χ3v) is 3.72. The minimum Gasteiger partial charge on any atom is -0.336 e. The summed E-state index contributed by atoms with van der Waals surface area (Å²) >= 11 is 1.75. The molecule has 6 heteroatoms. The van der Waals surface area contributed by atoms with Gasteiger partial charge in [-0.15, -0.1) is 0 Å². The number of nitrogens with one attached hydrogen (secondary N) is 1. The Kier molecular flexibility index (Phi) is 4.16. The molecule has 1 heterocycles. The minimum absolute atomic E-state index is 0.0603. The summed E-state index contributed by atoms with van der Waals surface area (Å²) in [6.07, 6.45) is 0. The SMILES string of the molecule is C[C@H]1CN(C(=O)c2cc(I)c(F)cc2F)CCN1. The van der Waals surface area contributed by atoms with E-state index in [1.165, 1.54) is 6.07 Å². The monoisotopic (exact) mass is 366 g/mol. The van der Waals surface area contributed by atoms with Gasteiger partial charge in [0.15, 0.2) is 0 Å². The first kappa shape index (κ1) is 13.7. The number of hydrogen-bond acceptors (Lipinski definition) is 2. The molecule has 0 aromatic heterocycles. The maximum atomic E-state index is 13.6. The standard InChI is InChI=1S/C12H13F2IN2O/c1-7-6-17(3-2-16-7)12(18)8-4-11(15)10(14)5-9(8)13/h4-5,7,16H,2-3,6H2,1H3/t7-/m0/s1. The Labute approximate surface area is 118 Å². The lowest BCUT2D eigenvalue weighted by molar-refractivity contribution is 0.0704. The maximum Gasteiger partial charge on any atom is 0.256 e. The van der Waals surface area contributed by atoms with Gasteiger partial charge in [-0.1, -0.05) is 0 Å². The van der Waals surface area contributed by atoms with Crippen LogP contribution in [0.4, 0.5) is 8.78 Å². The summed E-state index contributed by atoms with van der Waals surface area (Å²) in [5.41, 5.74) is -0.0603. The highest BCUT2D eigenvalue weighted by atomic mass is 127. The molecule has 1 aromatic rings. The van der Waals surface area contributed by atoms with Crippen molar-refractivity contribution in [3.8, 4) is 0 Å². The number of carbonyl (C=O) groups excluding carboxylic acids is 1. The predicted octanol–water partition coefficient (Wildman–Crippen LogP) is 2.00. The van der Waals surface area contributed by atoms with E-state index in [-0.39, 0.29) is 21.1 Å². The van der Waals surface area contributed by atoms with Gasteiger partial charge in [-0.25, -0.2) is 8.78 Å². The molecule has 0 unspecified atom stereocenters. The van der Waals surface area contributed by atoms with Crippen LogP contribution < -0.4 is 5.32 Å². The van der Waals surface area contributed by atoms with Crippen LogP contribution in [0.25, 0.3) is 0 Å². The number of hydrogen-bond donors (Lipinski definition) is 1. The molecule has 2 rings (SSSR count). The highest BCUT2D eigenvalue weighted by Crippen LogP contribution is 2.19. The Bertz CT molecular complexity index is 481. The van der Waals surface area contributed by atoms with E-state index in [9.17, 15) is 13.6 Å². The molecule has 1 amide bonds. The molecule has 0 spiro atoms. The van der Waals surface area contributed by atoms with Gasteiger partial charge in [0, 0.05) is 35.3 Å². The van der Waals surface area contributed by atoms with Crippen LogP contribution in [0.3, 0.4) is 0 Å². The average Bonchev–Trinajstić information content (AvgIpc) is 2.33.